The van der Waals surface area contributed by atoms with Gasteiger partial charge in [0.05, 0.1) is 5.56 Å². The fraction of sp³-hybridized carbons (Fsp3) is 0.450. The van der Waals surface area contributed by atoms with Crippen molar-refractivity contribution in [1.29, 1.82) is 0 Å². The van der Waals surface area contributed by atoms with Gasteiger partial charge in [0.15, 0.2) is 0 Å². The molecule has 5 heteroatoms. The number of amidine groups is 1. The third kappa shape index (κ3) is 2.57. The Morgan fingerprint density at radius 1 is 1.08 bits per heavy atom. The van der Waals surface area contributed by atoms with Gasteiger partial charge < -0.3 is 14.7 Å². The molecule has 0 unspecified atom stereocenters. The number of thiophene rings is 1. The summed E-state index contributed by atoms with van der Waals surface area (Å²) in [6.07, 6.45) is 3.60. The highest BCUT2D eigenvalue weighted by molar-refractivity contribution is 7.14. The van der Waals surface area contributed by atoms with Crippen molar-refractivity contribution in [2.45, 2.75) is 25.3 Å². The van der Waals surface area contributed by atoms with Gasteiger partial charge in [0, 0.05) is 18.3 Å². The average Bonchev–Trinajstić information content (AvgIpc) is 3.29. The maximum Gasteiger partial charge on any atom is 0.140 e. The van der Waals surface area contributed by atoms with Crippen LogP contribution in [-0.4, -0.2) is 50.1 Å². The quantitative estimate of drug-likeness (QED) is 0.785. The van der Waals surface area contributed by atoms with Crippen LogP contribution in [-0.2, 0) is 6.42 Å². The van der Waals surface area contributed by atoms with E-state index in [4.69, 9.17) is 4.99 Å². The van der Waals surface area contributed by atoms with Gasteiger partial charge in [0.1, 0.15) is 17.5 Å². The predicted molar refractivity (Wildman–Crippen MR) is 106 cm³/mol. The van der Waals surface area contributed by atoms with Gasteiger partial charge in [-0.3, -0.25) is 0 Å². The zero-order valence-corrected chi connectivity index (χ0v) is 15.5. The van der Waals surface area contributed by atoms with E-state index in [1.165, 1.54) is 53.6 Å². The third-order valence-electron chi connectivity index (χ3n) is 5.79. The molecule has 130 valence electrons. The zero-order chi connectivity index (χ0) is 16.8. The lowest BCUT2D eigenvalue weighted by molar-refractivity contribution is 0.250. The van der Waals surface area contributed by atoms with Crippen LogP contribution in [0.1, 0.15) is 24.0 Å². The lowest BCUT2D eigenvalue weighted by Crippen LogP contribution is -2.46. The Hall–Kier alpha value is -1.85. The summed E-state index contributed by atoms with van der Waals surface area (Å²) < 4.78 is 0. The van der Waals surface area contributed by atoms with Crippen LogP contribution in [0.2, 0.25) is 0 Å². The van der Waals surface area contributed by atoms with Crippen molar-refractivity contribution < 1.29 is 0 Å². The molecule has 0 aliphatic carbocycles. The first-order valence-electron chi connectivity index (χ1n) is 9.24. The third-order valence-corrected chi connectivity index (χ3v) is 6.74. The number of fused-ring (bicyclic) bond motifs is 2. The fourth-order valence-electron chi connectivity index (χ4n) is 4.36. The summed E-state index contributed by atoms with van der Waals surface area (Å²) in [6, 6.07) is 11.7. The number of para-hydroxylation sites is 1. The van der Waals surface area contributed by atoms with Crippen LogP contribution >= 0.6 is 11.3 Å². The van der Waals surface area contributed by atoms with E-state index in [1.807, 2.05) is 11.3 Å². The summed E-state index contributed by atoms with van der Waals surface area (Å²) in [6.45, 7) is 4.23. The molecule has 25 heavy (non-hydrogen) atoms. The van der Waals surface area contributed by atoms with Gasteiger partial charge in [-0.25, -0.2) is 4.99 Å². The van der Waals surface area contributed by atoms with Gasteiger partial charge in [0.2, 0.25) is 0 Å². The molecule has 4 heterocycles. The van der Waals surface area contributed by atoms with Crippen molar-refractivity contribution in [3.8, 4) is 0 Å². The maximum atomic E-state index is 5.06. The predicted octanol–water partition coefficient (Wildman–Crippen LogP) is 3.43. The SMILES string of the molecule is CN1CCC(N2CN=C(N3CCc4ccccc43)c3ccsc32)CC1. The van der Waals surface area contributed by atoms with Gasteiger partial charge in [-0.15, -0.1) is 11.3 Å². The molecule has 3 aliphatic rings. The highest BCUT2D eigenvalue weighted by atomic mass is 32.1. The number of anilines is 2. The molecule has 0 amide bonds. The molecule has 2 aromatic rings. The summed E-state index contributed by atoms with van der Waals surface area (Å²) in [5.74, 6) is 1.17. The van der Waals surface area contributed by atoms with Crippen molar-refractivity contribution >= 4 is 27.9 Å². The molecule has 0 bridgehead atoms. The number of hydrogen-bond acceptors (Lipinski definition) is 5. The van der Waals surface area contributed by atoms with Crippen molar-refractivity contribution in [2.75, 3.05) is 43.2 Å². The molecule has 3 aliphatic heterocycles. The summed E-state index contributed by atoms with van der Waals surface area (Å²) in [4.78, 5) is 12.5. The Bertz CT molecular complexity index is 804. The number of nitrogens with zero attached hydrogens (tertiary/aromatic N) is 4. The van der Waals surface area contributed by atoms with E-state index in [9.17, 15) is 0 Å². The second kappa shape index (κ2) is 6.15. The maximum absolute atomic E-state index is 5.06. The van der Waals surface area contributed by atoms with Crippen LogP contribution in [0.3, 0.4) is 0 Å². The lowest BCUT2D eigenvalue weighted by atomic mass is 10.0. The zero-order valence-electron chi connectivity index (χ0n) is 14.7. The van der Waals surface area contributed by atoms with Crippen LogP contribution in [0.5, 0.6) is 0 Å². The Kier molecular flexibility index (Phi) is 3.79. The first-order chi connectivity index (χ1) is 12.3. The molecule has 1 saturated heterocycles. The van der Waals surface area contributed by atoms with Crippen LogP contribution in [0.15, 0.2) is 40.7 Å². The number of aliphatic imine (C=N–C) groups is 1. The minimum absolute atomic E-state index is 0.629. The summed E-state index contributed by atoms with van der Waals surface area (Å²) in [5.41, 5.74) is 4.11. The Labute approximate surface area is 153 Å². The smallest absolute Gasteiger partial charge is 0.140 e. The average molecular weight is 353 g/mol. The van der Waals surface area contributed by atoms with Crippen molar-refractivity contribution in [3.63, 3.8) is 0 Å². The van der Waals surface area contributed by atoms with Crippen LogP contribution < -0.4 is 9.80 Å². The Balaban J connectivity index is 1.45. The van der Waals surface area contributed by atoms with Crippen LogP contribution in [0.25, 0.3) is 0 Å². The Morgan fingerprint density at radius 3 is 2.80 bits per heavy atom. The number of hydrogen-bond donors (Lipinski definition) is 0. The van der Waals surface area contributed by atoms with E-state index in [-0.39, 0.29) is 0 Å². The van der Waals surface area contributed by atoms with Crippen molar-refractivity contribution in [2.24, 2.45) is 4.99 Å². The molecule has 0 N–H and O–H groups in total. The van der Waals surface area contributed by atoms with Gasteiger partial charge in [-0.2, -0.15) is 0 Å². The van der Waals surface area contributed by atoms with Gasteiger partial charge in [-0.1, -0.05) is 18.2 Å². The summed E-state index contributed by atoms with van der Waals surface area (Å²) in [7, 11) is 2.23. The molecule has 1 aromatic heterocycles. The first-order valence-corrected chi connectivity index (χ1v) is 10.1. The molecule has 0 atom stereocenters. The molecule has 0 radical (unpaired) electrons. The van der Waals surface area contributed by atoms with Gasteiger partial charge in [0.25, 0.3) is 0 Å². The topological polar surface area (TPSA) is 22.1 Å². The molecule has 5 rings (SSSR count). The molecule has 1 aromatic carbocycles. The van der Waals surface area contributed by atoms with E-state index >= 15 is 0 Å². The highest BCUT2D eigenvalue weighted by Crippen LogP contribution is 2.38. The van der Waals surface area contributed by atoms with Crippen molar-refractivity contribution in [1.82, 2.24) is 4.90 Å². The molecular weight excluding hydrogens is 328 g/mol. The van der Waals surface area contributed by atoms with E-state index in [0.717, 1.165) is 19.6 Å². The summed E-state index contributed by atoms with van der Waals surface area (Å²) in [5, 5.41) is 3.65. The van der Waals surface area contributed by atoms with E-state index in [2.05, 4.69) is 57.5 Å². The van der Waals surface area contributed by atoms with E-state index in [1.54, 1.807) is 0 Å². The van der Waals surface area contributed by atoms with Gasteiger partial charge in [-0.05, 0) is 62.5 Å². The second-order valence-electron chi connectivity index (χ2n) is 7.30. The molecule has 0 saturated carbocycles. The monoisotopic (exact) mass is 352 g/mol. The summed E-state index contributed by atoms with van der Waals surface area (Å²) >= 11 is 1.88. The fourth-order valence-corrected chi connectivity index (χ4v) is 5.32. The van der Waals surface area contributed by atoms with Crippen molar-refractivity contribution in [3.05, 3.63) is 46.8 Å². The number of benzene rings is 1. The first kappa shape index (κ1) is 15.4. The van der Waals surface area contributed by atoms with E-state index < -0.39 is 0 Å². The number of piperidine rings is 1. The molecule has 4 nitrogen and oxygen atoms in total. The standard InChI is InChI=1S/C20H24N4S/c1-22-10-7-16(8-11-22)24-14-21-19(17-9-13-25-20(17)24)23-12-6-15-4-2-3-5-18(15)23/h2-5,9,13,16H,6-8,10-12,14H2,1H3. The number of likely N-dealkylation sites (tertiary alicyclic amines) is 1. The normalized spacial score (nSPS) is 21.2. The minimum atomic E-state index is 0.629. The molecular formula is C20H24N4S. The van der Waals surface area contributed by atoms with Crippen LogP contribution in [0, 0.1) is 0 Å². The Morgan fingerprint density at radius 2 is 1.92 bits per heavy atom. The van der Waals surface area contributed by atoms with E-state index in [0.29, 0.717) is 6.04 Å². The van der Waals surface area contributed by atoms with Gasteiger partial charge >= 0.3 is 0 Å². The second-order valence-corrected chi connectivity index (χ2v) is 8.19. The molecule has 1 fully saturated rings. The highest BCUT2D eigenvalue weighted by Gasteiger charge is 2.33. The number of rotatable bonds is 1. The molecule has 0 spiro atoms. The largest absolute Gasteiger partial charge is 0.340 e. The van der Waals surface area contributed by atoms with Crippen LogP contribution in [0.4, 0.5) is 10.7 Å². The minimum Gasteiger partial charge on any atom is -0.340 e. The lowest BCUT2D eigenvalue weighted by Gasteiger charge is -2.40.